The van der Waals surface area contributed by atoms with E-state index in [4.69, 9.17) is 9.94 Å². The maximum atomic E-state index is 12.3. The maximum absolute atomic E-state index is 12.3. The average molecular weight is 443 g/mol. The number of hydrogen-bond acceptors (Lipinski definition) is 7. The van der Waals surface area contributed by atoms with Gasteiger partial charge in [-0.15, -0.1) is 0 Å². The minimum atomic E-state index is -1.55. The molecule has 31 heavy (non-hydrogen) atoms. The summed E-state index contributed by atoms with van der Waals surface area (Å²) in [7, 11) is 0. The summed E-state index contributed by atoms with van der Waals surface area (Å²) in [5.41, 5.74) is -0.841. The van der Waals surface area contributed by atoms with Gasteiger partial charge in [0.15, 0.2) is 17.9 Å². The molecule has 1 amide bonds. The molecule has 2 heterocycles. The number of H-pyrrole nitrogens is 1. The average Bonchev–Trinajstić information content (AvgIpc) is 3.02. The van der Waals surface area contributed by atoms with Gasteiger partial charge >= 0.3 is 11.8 Å². The van der Waals surface area contributed by atoms with Crippen LogP contribution in [0.2, 0.25) is 0 Å². The van der Waals surface area contributed by atoms with Crippen molar-refractivity contribution < 1.29 is 30.1 Å². The highest BCUT2D eigenvalue weighted by Gasteiger charge is 2.50. The lowest BCUT2D eigenvalue weighted by atomic mass is 9.88. The Morgan fingerprint density at radius 3 is 2.35 bits per heavy atom. The van der Waals surface area contributed by atoms with E-state index >= 15 is 0 Å². The van der Waals surface area contributed by atoms with Gasteiger partial charge in [0.25, 0.3) is 0 Å². The van der Waals surface area contributed by atoms with Gasteiger partial charge in [-0.25, -0.2) is 9.59 Å². The zero-order chi connectivity index (χ0) is 23.1. The second-order valence-corrected chi connectivity index (χ2v) is 8.01. The van der Waals surface area contributed by atoms with E-state index in [-0.39, 0.29) is 11.4 Å². The van der Waals surface area contributed by atoms with Crippen LogP contribution in [0.25, 0.3) is 0 Å². The Labute approximate surface area is 180 Å². The van der Waals surface area contributed by atoms with Crippen molar-refractivity contribution in [1.82, 2.24) is 14.5 Å². The molecule has 0 radical (unpaired) electrons. The number of hydrogen-bond donors (Lipinski definition) is 5. The molecule has 11 heteroatoms. The molecule has 1 aromatic rings. The van der Waals surface area contributed by atoms with Gasteiger partial charge in [-0.2, -0.15) is 0 Å². The molecule has 0 aromatic carbocycles. The van der Waals surface area contributed by atoms with E-state index in [0.29, 0.717) is 0 Å². The maximum Gasteiger partial charge on any atom is 0.409 e. The van der Waals surface area contributed by atoms with Crippen LogP contribution in [0, 0.1) is 5.92 Å². The molecule has 0 saturated carbocycles. The van der Waals surface area contributed by atoms with Gasteiger partial charge in [-0.3, -0.25) is 14.5 Å². The van der Waals surface area contributed by atoms with Gasteiger partial charge in [0.2, 0.25) is 0 Å². The Morgan fingerprint density at radius 2 is 1.87 bits per heavy atom. The predicted molar refractivity (Wildman–Crippen MR) is 110 cm³/mol. The normalized spacial score (nSPS) is 25.2. The quantitative estimate of drug-likeness (QED) is 0.270. The molecule has 2 rings (SSSR count). The fourth-order valence-corrected chi connectivity index (χ4v) is 4.10. The number of amides is 1. The van der Waals surface area contributed by atoms with Crippen LogP contribution in [0.3, 0.4) is 0 Å². The van der Waals surface area contributed by atoms with Gasteiger partial charge in [0, 0.05) is 18.3 Å². The SMILES string of the molecule is CCCCC(CCCC)[C@H](C)N(C(=O)O)[C@@H]1O[C@@H](n2cc/c(=N/O)[nH]c2=O)[C@H](O)[C@@H]1O. The molecular weight excluding hydrogens is 408 g/mol. The first-order chi connectivity index (χ1) is 14.8. The number of aromatic amines is 1. The molecular formula is C20H34N4O7. The number of nitrogens with zero attached hydrogens (tertiary/aromatic N) is 3. The van der Waals surface area contributed by atoms with Crippen molar-refractivity contribution in [2.45, 2.75) is 90.0 Å². The van der Waals surface area contributed by atoms with E-state index in [0.717, 1.165) is 48.0 Å². The number of rotatable bonds is 10. The number of unbranched alkanes of at least 4 members (excludes halogenated alkanes) is 2. The van der Waals surface area contributed by atoms with E-state index in [2.05, 4.69) is 24.0 Å². The van der Waals surface area contributed by atoms with Crippen LogP contribution >= 0.6 is 0 Å². The van der Waals surface area contributed by atoms with Crippen LogP contribution in [-0.2, 0) is 4.74 Å². The van der Waals surface area contributed by atoms with Gasteiger partial charge in [0.1, 0.15) is 12.2 Å². The second-order valence-electron chi connectivity index (χ2n) is 8.01. The molecule has 0 unspecified atom stereocenters. The largest absolute Gasteiger partial charge is 0.465 e. The summed E-state index contributed by atoms with van der Waals surface area (Å²) in [6.07, 6.45) is -0.189. The molecule has 0 aliphatic carbocycles. The fourth-order valence-electron chi connectivity index (χ4n) is 4.10. The minimum Gasteiger partial charge on any atom is -0.465 e. The van der Waals surface area contributed by atoms with E-state index in [1.54, 1.807) is 6.92 Å². The lowest BCUT2D eigenvalue weighted by Crippen LogP contribution is -2.53. The van der Waals surface area contributed by atoms with Crippen LogP contribution in [0.5, 0.6) is 0 Å². The van der Waals surface area contributed by atoms with Crippen molar-refractivity contribution in [3.63, 3.8) is 0 Å². The van der Waals surface area contributed by atoms with Gasteiger partial charge in [-0.1, -0.05) is 44.7 Å². The summed E-state index contributed by atoms with van der Waals surface area (Å²) in [4.78, 5) is 27.8. The first kappa shape index (κ1) is 24.9. The standard InChI is InChI=1S/C20H34N4O7/c1-4-6-8-13(9-7-5-2)12(3)24(20(28)29)18-16(26)15(25)17(31-18)23-11-10-14(22-30)21-19(23)27/h10-13,15-18,25-26,30H,4-9H2,1-3H3,(H,28,29)(H,21,22,27)/t12-,15+,16-,17+,18+/m0/s1. The highest BCUT2D eigenvalue weighted by atomic mass is 16.6. The summed E-state index contributed by atoms with van der Waals surface area (Å²) in [6.45, 7) is 5.94. The van der Waals surface area contributed by atoms with Crippen molar-refractivity contribution >= 4 is 6.09 Å². The molecule has 0 bridgehead atoms. The Hall–Kier alpha value is -2.37. The molecule has 1 fully saturated rings. The molecule has 5 N–H and O–H groups in total. The van der Waals surface area contributed by atoms with Gasteiger partial charge < -0.3 is 25.3 Å². The summed E-state index contributed by atoms with van der Waals surface area (Å²) in [5.74, 6) is 0.0736. The number of carbonyl (C=O) groups is 1. The number of aromatic nitrogens is 2. The Morgan fingerprint density at radius 1 is 1.26 bits per heavy atom. The molecule has 1 aliphatic rings. The number of ether oxygens (including phenoxy) is 1. The highest BCUT2D eigenvalue weighted by Crippen LogP contribution is 2.34. The van der Waals surface area contributed by atoms with E-state index in [1.807, 2.05) is 0 Å². The fraction of sp³-hybridized carbons (Fsp3) is 0.750. The Kier molecular flexibility index (Phi) is 9.08. The van der Waals surface area contributed by atoms with Crippen molar-refractivity contribution in [3.05, 3.63) is 28.2 Å². The van der Waals surface area contributed by atoms with Crippen LogP contribution < -0.4 is 11.2 Å². The number of nitrogens with one attached hydrogen (secondary N) is 1. The number of aliphatic hydroxyl groups excluding tert-OH is 2. The number of carboxylic acid groups (broad SMARTS) is 1. The van der Waals surface area contributed by atoms with E-state index in [9.17, 15) is 24.9 Å². The van der Waals surface area contributed by atoms with E-state index < -0.39 is 42.5 Å². The van der Waals surface area contributed by atoms with Crippen LogP contribution in [0.15, 0.2) is 22.2 Å². The zero-order valence-corrected chi connectivity index (χ0v) is 18.2. The molecule has 5 atom stereocenters. The molecule has 11 nitrogen and oxygen atoms in total. The van der Waals surface area contributed by atoms with Crippen molar-refractivity contribution in [2.75, 3.05) is 0 Å². The Balaban J connectivity index is 2.31. The highest BCUT2D eigenvalue weighted by molar-refractivity contribution is 5.66. The first-order valence-corrected chi connectivity index (χ1v) is 10.8. The van der Waals surface area contributed by atoms with Crippen LogP contribution in [-0.4, -0.2) is 65.5 Å². The molecule has 1 saturated heterocycles. The Bertz CT molecular complexity index is 831. The summed E-state index contributed by atoms with van der Waals surface area (Å²) in [6, 6.07) is 0.820. The predicted octanol–water partition coefficient (Wildman–Crippen LogP) is 1.41. The zero-order valence-electron chi connectivity index (χ0n) is 18.2. The van der Waals surface area contributed by atoms with Crippen molar-refractivity contribution in [2.24, 2.45) is 11.1 Å². The van der Waals surface area contributed by atoms with Gasteiger partial charge in [0.05, 0.1) is 0 Å². The first-order valence-electron chi connectivity index (χ1n) is 10.8. The number of aliphatic hydroxyl groups is 2. The minimum absolute atomic E-state index is 0.0736. The van der Waals surface area contributed by atoms with E-state index in [1.165, 1.54) is 12.3 Å². The van der Waals surface area contributed by atoms with Crippen molar-refractivity contribution in [1.29, 1.82) is 0 Å². The lowest BCUT2D eigenvalue weighted by Gasteiger charge is -2.37. The third-order valence-electron chi connectivity index (χ3n) is 5.93. The topological polar surface area (TPSA) is 161 Å². The van der Waals surface area contributed by atoms with Crippen LogP contribution in [0.4, 0.5) is 4.79 Å². The monoisotopic (exact) mass is 442 g/mol. The smallest absolute Gasteiger partial charge is 0.409 e. The summed E-state index contributed by atoms with van der Waals surface area (Å²) < 4.78 is 6.71. The molecule has 176 valence electrons. The van der Waals surface area contributed by atoms with Crippen molar-refractivity contribution in [3.8, 4) is 0 Å². The third kappa shape index (κ3) is 5.66. The lowest BCUT2D eigenvalue weighted by molar-refractivity contribution is -0.114. The third-order valence-corrected chi connectivity index (χ3v) is 5.93. The van der Waals surface area contributed by atoms with Crippen LogP contribution in [0.1, 0.15) is 65.5 Å². The molecule has 0 spiro atoms. The summed E-state index contributed by atoms with van der Waals surface area (Å²) >= 11 is 0. The second kappa shape index (κ2) is 11.3. The summed E-state index contributed by atoms with van der Waals surface area (Å²) in [5, 5.41) is 42.7. The molecule has 1 aromatic heterocycles. The van der Waals surface area contributed by atoms with Gasteiger partial charge in [-0.05, 0) is 25.7 Å². The molecule has 1 aliphatic heterocycles.